The van der Waals surface area contributed by atoms with Gasteiger partial charge in [-0.15, -0.1) is 0 Å². The summed E-state index contributed by atoms with van der Waals surface area (Å²) in [4.78, 5) is 40.8. The minimum atomic E-state index is -0.989. The van der Waals surface area contributed by atoms with Gasteiger partial charge in [0.05, 0.1) is 30.6 Å². The van der Waals surface area contributed by atoms with Crippen LogP contribution in [0.2, 0.25) is 0 Å². The number of hydrogen-bond acceptors (Lipinski definition) is 5. The Labute approximate surface area is 166 Å². The Hall–Kier alpha value is -1.67. The predicted molar refractivity (Wildman–Crippen MR) is 102 cm³/mol. The van der Waals surface area contributed by atoms with E-state index in [1.165, 1.54) is 4.90 Å². The van der Waals surface area contributed by atoms with Crippen molar-refractivity contribution >= 4 is 17.7 Å². The zero-order chi connectivity index (χ0) is 20.6. The number of carbonyl (C=O) groups excluding carboxylic acids is 3. The number of likely N-dealkylation sites (tertiary alicyclic amines) is 1. The molecule has 8 heteroatoms. The minimum Gasteiger partial charge on any atom is -0.394 e. The Balaban J connectivity index is 2.01. The second-order valence-electron chi connectivity index (χ2n) is 8.55. The zero-order valence-corrected chi connectivity index (χ0v) is 17.2. The third kappa shape index (κ3) is 3.01. The molecule has 158 valence electrons. The number of carbonyl (C=O) groups is 3. The molecule has 1 spiro atoms. The van der Waals surface area contributed by atoms with Gasteiger partial charge in [0.25, 0.3) is 0 Å². The summed E-state index contributed by atoms with van der Waals surface area (Å²) in [6.07, 6.45) is 2.68. The highest BCUT2D eigenvalue weighted by Crippen LogP contribution is 2.58. The molecule has 0 saturated carbocycles. The van der Waals surface area contributed by atoms with Gasteiger partial charge in [-0.05, 0) is 25.2 Å². The summed E-state index contributed by atoms with van der Waals surface area (Å²) >= 11 is 0. The lowest BCUT2D eigenvalue weighted by molar-refractivity contribution is -0.146. The molecule has 3 heterocycles. The van der Waals surface area contributed by atoms with Crippen LogP contribution in [0.25, 0.3) is 0 Å². The number of rotatable bonds is 8. The molecule has 3 fully saturated rings. The third-order valence-corrected chi connectivity index (χ3v) is 6.68. The molecular weight excluding hydrogens is 362 g/mol. The van der Waals surface area contributed by atoms with E-state index >= 15 is 0 Å². The van der Waals surface area contributed by atoms with E-state index in [1.54, 1.807) is 7.05 Å². The molecular formula is C20H33N3O5. The molecule has 8 nitrogen and oxygen atoms in total. The fourth-order valence-electron chi connectivity index (χ4n) is 5.32. The molecule has 3 amide bonds. The molecule has 3 aliphatic rings. The first-order valence-corrected chi connectivity index (χ1v) is 10.4. The molecule has 0 aromatic heterocycles. The second kappa shape index (κ2) is 7.99. The first kappa shape index (κ1) is 21.0. The fourth-order valence-corrected chi connectivity index (χ4v) is 5.32. The van der Waals surface area contributed by atoms with Gasteiger partial charge in [-0.1, -0.05) is 27.2 Å². The van der Waals surface area contributed by atoms with Crippen LogP contribution in [0, 0.1) is 17.8 Å². The van der Waals surface area contributed by atoms with Crippen LogP contribution in [0.1, 0.15) is 46.5 Å². The van der Waals surface area contributed by atoms with Gasteiger partial charge in [0.2, 0.25) is 17.7 Å². The number of aliphatic hydroxyl groups is 1. The van der Waals surface area contributed by atoms with Crippen LogP contribution in [0.5, 0.6) is 0 Å². The number of nitrogens with zero attached hydrogens (tertiary/aromatic N) is 1. The molecule has 0 radical (unpaired) electrons. The van der Waals surface area contributed by atoms with Crippen LogP contribution in [0.3, 0.4) is 0 Å². The summed E-state index contributed by atoms with van der Waals surface area (Å²) in [5.41, 5.74) is -0.989. The molecule has 0 aliphatic carbocycles. The lowest BCUT2D eigenvalue weighted by atomic mass is 9.70. The van der Waals surface area contributed by atoms with Crippen molar-refractivity contribution in [2.24, 2.45) is 17.8 Å². The summed E-state index contributed by atoms with van der Waals surface area (Å²) in [6.45, 7) is 6.17. The fraction of sp³-hybridized carbons (Fsp3) is 0.850. The van der Waals surface area contributed by atoms with Gasteiger partial charge in [-0.25, -0.2) is 0 Å². The van der Waals surface area contributed by atoms with E-state index in [2.05, 4.69) is 10.6 Å². The zero-order valence-electron chi connectivity index (χ0n) is 17.2. The number of aliphatic hydroxyl groups excluding tert-OH is 1. The molecule has 3 aliphatic heterocycles. The van der Waals surface area contributed by atoms with E-state index in [1.807, 2.05) is 20.8 Å². The molecule has 2 unspecified atom stereocenters. The van der Waals surface area contributed by atoms with E-state index in [0.717, 1.165) is 12.8 Å². The molecule has 2 bridgehead atoms. The third-order valence-electron chi connectivity index (χ3n) is 6.68. The van der Waals surface area contributed by atoms with Crippen LogP contribution in [-0.4, -0.2) is 71.7 Å². The maximum Gasteiger partial charge on any atom is 0.245 e. The van der Waals surface area contributed by atoms with Crippen molar-refractivity contribution in [2.75, 3.05) is 20.2 Å². The van der Waals surface area contributed by atoms with Crippen LogP contribution >= 0.6 is 0 Å². The van der Waals surface area contributed by atoms with Gasteiger partial charge in [0, 0.05) is 13.6 Å². The van der Waals surface area contributed by atoms with Gasteiger partial charge in [0.1, 0.15) is 11.6 Å². The van der Waals surface area contributed by atoms with Crippen molar-refractivity contribution < 1.29 is 24.2 Å². The predicted octanol–water partition coefficient (Wildman–Crippen LogP) is 0.0402. The highest BCUT2D eigenvalue weighted by Gasteiger charge is 2.75. The first-order chi connectivity index (χ1) is 13.3. The maximum atomic E-state index is 13.5. The van der Waals surface area contributed by atoms with E-state index in [-0.39, 0.29) is 36.4 Å². The van der Waals surface area contributed by atoms with Crippen molar-refractivity contribution in [1.82, 2.24) is 15.5 Å². The SMILES string of the molecule is CCCCNC(=O)C1N([C@@H](CO)C(C)C)C(=O)[C@@H]2[C@@H](C(=O)NC)[C@H]3CCC12O3. The normalized spacial score (nSPS) is 34.6. The van der Waals surface area contributed by atoms with E-state index in [4.69, 9.17) is 4.74 Å². The Morgan fingerprint density at radius 1 is 1.36 bits per heavy atom. The molecule has 28 heavy (non-hydrogen) atoms. The van der Waals surface area contributed by atoms with Gasteiger partial charge in [-0.3, -0.25) is 14.4 Å². The highest BCUT2D eigenvalue weighted by molar-refractivity contribution is 5.99. The lowest BCUT2D eigenvalue weighted by Crippen LogP contribution is -2.59. The topological polar surface area (TPSA) is 108 Å². The molecule has 0 aromatic carbocycles. The number of fused-ring (bicyclic) bond motifs is 1. The summed E-state index contributed by atoms with van der Waals surface area (Å²) < 4.78 is 6.27. The standard InChI is InChI=1S/C20H33N3O5/c1-5-6-9-22-18(26)16-20-8-7-13(28-20)14(17(25)21-4)15(20)19(27)23(16)12(10-24)11(2)3/h11-16,24H,5-10H2,1-4H3,(H,21,25)(H,22,26)/t12-,13+,14-,15-,16?,20?/m0/s1. The summed E-state index contributed by atoms with van der Waals surface area (Å²) in [6, 6.07) is -1.32. The largest absolute Gasteiger partial charge is 0.394 e. The Morgan fingerprint density at radius 3 is 2.64 bits per heavy atom. The summed E-state index contributed by atoms with van der Waals surface area (Å²) in [7, 11) is 1.55. The van der Waals surface area contributed by atoms with Gasteiger partial charge in [-0.2, -0.15) is 0 Å². The van der Waals surface area contributed by atoms with Crippen LogP contribution in [0.15, 0.2) is 0 Å². The van der Waals surface area contributed by atoms with Crippen molar-refractivity contribution in [3.8, 4) is 0 Å². The Bertz CT molecular complexity index is 639. The highest BCUT2D eigenvalue weighted by atomic mass is 16.5. The van der Waals surface area contributed by atoms with E-state index in [9.17, 15) is 19.5 Å². The quantitative estimate of drug-likeness (QED) is 0.503. The summed E-state index contributed by atoms with van der Waals surface area (Å²) in [5, 5.41) is 15.6. The first-order valence-electron chi connectivity index (χ1n) is 10.4. The van der Waals surface area contributed by atoms with Crippen molar-refractivity contribution in [2.45, 2.75) is 70.2 Å². The Kier molecular flexibility index (Phi) is 6.00. The van der Waals surface area contributed by atoms with Crippen molar-refractivity contribution in [1.29, 1.82) is 0 Å². The molecule has 3 rings (SSSR count). The van der Waals surface area contributed by atoms with Crippen LogP contribution in [0.4, 0.5) is 0 Å². The maximum absolute atomic E-state index is 13.5. The molecule has 6 atom stereocenters. The molecule has 0 aromatic rings. The van der Waals surface area contributed by atoms with Gasteiger partial charge >= 0.3 is 0 Å². The smallest absolute Gasteiger partial charge is 0.245 e. The van der Waals surface area contributed by atoms with Gasteiger partial charge < -0.3 is 25.4 Å². The van der Waals surface area contributed by atoms with E-state index in [0.29, 0.717) is 19.4 Å². The van der Waals surface area contributed by atoms with Crippen molar-refractivity contribution in [3.63, 3.8) is 0 Å². The number of unbranched alkanes of at least 4 members (excludes halogenated alkanes) is 1. The average Bonchev–Trinajstić information content (AvgIpc) is 3.30. The van der Waals surface area contributed by atoms with Crippen LogP contribution < -0.4 is 10.6 Å². The number of hydrogen-bond donors (Lipinski definition) is 3. The lowest BCUT2D eigenvalue weighted by Gasteiger charge is -2.38. The van der Waals surface area contributed by atoms with Crippen molar-refractivity contribution in [3.05, 3.63) is 0 Å². The van der Waals surface area contributed by atoms with Crippen LogP contribution in [-0.2, 0) is 19.1 Å². The number of amides is 3. The minimum absolute atomic E-state index is 0.0363. The molecule has 3 saturated heterocycles. The van der Waals surface area contributed by atoms with Gasteiger partial charge in [0.15, 0.2) is 0 Å². The number of ether oxygens (including phenoxy) is 1. The monoisotopic (exact) mass is 395 g/mol. The van der Waals surface area contributed by atoms with E-state index < -0.39 is 29.5 Å². The second-order valence-corrected chi connectivity index (χ2v) is 8.55. The number of nitrogens with one attached hydrogen (secondary N) is 2. The summed E-state index contributed by atoms with van der Waals surface area (Å²) in [5.74, 6) is -2.02. The average molecular weight is 396 g/mol. The Morgan fingerprint density at radius 2 is 2.07 bits per heavy atom. The molecule has 3 N–H and O–H groups in total.